The number of carbonyl (C=O) groups excluding carboxylic acids is 1. The third-order valence-electron chi connectivity index (χ3n) is 2.59. The number of hydrogen-bond acceptors (Lipinski definition) is 4. The van der Waals surface area contributed by atoms with E-state index in [1.807, 2.05) is 20.2 Å². The van der Waals surface area contributed by atoms with Crippen LogP contribution in [0, 0.1) is 5.92 Å². The number of nitrogens with zero attached hydrogens (tertiary/aromatic N) is 2. The molecule has 1 aromatic heterocycles. The van der Waals surface area contributed by atoms with E-state index in [1.54, 1.807) is 17.9 Å². The van der Waals surface area contributed by atoms with Gasteiger partial charge < -0.3 is 15.4 Å². The van der Waals surface area contributed by atoms with Crippen LogP contribution < -0.4 is 10.6 Å². The Bertz CT molecular complexity index is 365. The molecule has 6 heteroatoms. The van der Waals surface area contributed by atoms with Gasteiger partial charge in [0.25, 0.3) is 0 Å². The Morgan fingerprint density at radius 3 is 3.06 bits per heavy atom. The zero-order valence-electron chi connectivity index (χ0n) is 11.3. The number of carbonyl (C=O) groups is 1. The van der Waals surface area contributed by atoms with Crippen molar-refractivity contribution in [1.29, 1.82) is 0 Å². The Kier molecular flexibility index (Phi) is 6.38. The summed E-state index contributed by atoms with van der Waals surface area (Å²) < 4.78 is 6.78. The predicted molar refractivity (Wildman–Crippen MR) is 70.4 cm³/mol. The monoisotopic (exact) mass is 254 g/mol. The van der Waals surface area contributed by atoms with Crippen LogP contribution in [0.2, 0.25) is 0 Å². The quantitative estimate of drug-likeness (QED) is 0.671. The molecule has 0 aliphatic heterocycles. The minimum atomic E-state index is -0.0753. The van der Waals surface area contributed by atoms with Gasteiger partial charge in [0.1, 0.15) is 0 Å². The number of nitrogens with one attached hydrogen (secondary N) is 2. The van der Waals surface area contributed by atoms with E-state index in [4.69, 9.17) is 4.74 Å². The molecule has 18 heavy (non-hydrogen) atoms. The van der Waals surface area contributed by atoms with Gasteiger partial charge in [0.2, 0.25) is 5.91 Å². The first kappa shape index (κ1) is 14.7. The Balaban J connectivity index is 2.41. The van der Waals surface area contributed by atoms with Gasteiger partial charge in [-0.05, 0) is 13.5 Å². The molecule has 1 rings (SSSR count). The highest BCUT2D eigenvalue weighted by Crippen LogP contribution is 2.05. The molecule has 0 spiro atoms. The third kappa shape index (κ3) is 4.85. The van der Waals surface area contributed by atoms with Crippen LogP contribution >= 0.6 is 0 Å². The first-order valence-corrected chi connectivity index (χ1v) is 6.15. The SMILES string of the molecule is CNCC(C)C(=O)Nc1ccn(CCCOC)n1. The maximum atomic E-state index is 11.8. The summed E-state index contributed by atoms with van der Waals surface area (Å²) in [7, 11) is 3.51. The van der Waals surface area contributed by atoms with E-state index >= 15 is 0 Å². The number of hydrogen-bond donors (Lipinski definition) is 2. The van der Waals surface area contributed by atoms with Crippen molar-refractivity contribution in [3.8, 4) is 0 Å². The lowest BCUT2D eigenvalue weighted by atomic mass is 10.1. The van der Waals surface area contributed by atoms with Crippen molar-refractivity contribution in [3.05, 3.63) is 12.3 Å². The Morgan fingerprint density at radius 1 is 1.61 bits per heavy atom. The minimum absolute atomic E-state index is 0.0218. The second-order valence-corrected chi connectivity index (χ2v) is 4.26. The van der Waals surface area contributed by atoms with Gasteiger partial charge in [-0.2, -0.15) is 5.10 Å². The molecular formula is C12H22N4O2. The van der Waals surface area contributed by atoms with Crippen LogP contribution in [0.25, 0.3) is 0 Å². The fourth-order valence-electron chi connectivity index (χ4n) is 1.57. The maximum absolute atomic E-state index is 11.8. The molecule has 2 N–H and O–H groups in total. The van der Waals surface area contributed by atoms with Crippen molar-refractivity contribution in [3.63, 3.8) is 0 Å². The van der Waals surface area contributed by atoms with E-state index in [2.05, 4.69) is 15.7 Å². The summed E-state index contributed by atoms with van der Waals surface area (Å²) >= 11 is 0. The van der Waals surface area contributed by atoms with Crippen LogP contribution in [-0.2, 0) is 16.1 Å². The Morgan fingerprint density at radius 2 is 2.39 bits per heavy atom. The van der Waals surface area contributed by atoms with Crippen molar-refractivity contribution in [1.82, 2.24) is 15.1 Å². The average molecular weight is 254 g/mol. The molecule has 1 heterocycles. The maximum Gasteiger partial charge on any atom is 0.229 e. The van der Waals surface area contributed by atoms with E-state index in [-0.39, 0.29) is 11.8 Å². The number of amides is 1. The zero-order chi connectivity index (χ0) is 13.4. The van der Waals surface area contributed by atoms with E-state index in [0.29, 0.717) is 19.0 Å². The molecule has 1 amide bonds. The van der Waals surface area contributed by atoms with E-state index in [9.17, 15) is 4.79 Å². The molecule has 0 aliphatic rings. The topological polar surface area (TPSA) is 68.2 Å². The van der Waals surface area contributed by atoms with Gasteiger partial charge in [0.15, 0.2) is 5.82 Å². The van der Waals surface area contributed by atoms with Crippen LogP contribution in [0.3, 0.4) is 0 Å². The number of anilines is 1. The van der Waals surface area contributed by atoms with Gasteiger partial charge in [0, 0.05) is 45.0 Å². The zero-order valence-corrected chi connectivity index (χ0v) is 11.3. The highest BCUT2D eigenvalue weighted by atomic mass is 16.5. The molecule has 0 fully saturated rings. The lowest BCUT2D eigenvalue weighted by Crippen LogP contribution is -2.28. The van der Waals surface area contributed by atoms with Crippen molar-refractivity contribution in [2.45, 2.75) is 19.9 Å². The van der Waals surface area contributed by atoms with Gasteiger partial charge >= 0.3 is 0 Å². The molecule has 0 bridgehead atoms. The molecular weight excluding hydrogens is 232 g/mol. The lowest BCUT2D eigenvalue weighted by molar-refractivity contribution is -0.119. The van der Waals surface area contributed by atoms with E-state index in [1.165, 1.54) is 0 Å². The average Bonchev–Trinajstić information content (AvgIpc) is 2.77. The summed E-state index contributed by atoms with van der Waals surface area (Å²) in [5.41, 5.74) is 0. The largest absolute Gasteiger partial charge is 0.385 e. The normalized spacial score (nSPS) is 12.4. The summed E-state index contributed by atoms with van der Waals surface area (Å²) in [4.78, 5) is 11.8. The van der Waals surface area contributed by atoms with Crippen LogP contribution in [0.4, 0.5) is 5.82 Å². The van der Waals surface area contributed by atoms with E-state index < -0.39 is 0 Å². The molecule has 6 nitrogen and oxygen atoms in total. The van der Waals surface area contributed by atoms with Gasteiger partial charge in [-0.25, -0.2) is 0 Å². The number of aryl methyl sites for hydroxylation is 1. The van der Waals surface area contributed by atoms with Crippen molar-refractivity contribution >= 4 is 11.7 Å². The van der Waals surface area contributed by atoms with Crippen LogP contribution in [-0.4, -0.2) is 43.0 Å². The predicted octanol–water partition coefficient (Wildman–Crippen LogP) is 0.714. The lowest BCUT2D eigenvalue weighted by Gasteiger charge is -2.09. The standard InChI is InChI=1S/C12H22N4O2/c1-10(9-13-2)12(17)14-11-5-7-16(15-11)6-4-8-18-3/h5,7,10,13H,4,6,8-9H2,1-3H3,(H,14,15,17). The van der Waals surface area contributed by atoms with E-state index in [0.717, 1.165) is 13.0 Å². The molecule has 0 saturated carbocycles. The summed E-state index contributed by atoms with van der Waals surface area (Å²) in [6.07, 6.45) is 2.76. The fraction of sp³-hybridized carbons (Fsp3) is 0.667. The van der Waals surface area contributed by atoms with Gasteiger partial charge in [-0.15, -0.1) is 0 Å². The highest BCUT2D eigenvalue weighted by molar-refractivity contribution is 5.91. The first-order valence-electron chi connectivity index (χ1n) is 6.15. The third-order valence-corrected chi connectivity index (χ3v) is 2.59. The molecule has 1 aromatic rings. The van der Waals surface area contributed by atoms with Crippen LogP contribution in [0.5, 0.6) is 0 Å². The molecule has 0 radical (unpaired) electrons. The van der Waals surface area contributed by atoms with Crippen molar-refractivity contribution in [2.24, 2.45) is 5.92 Å². The first-order chi connectivity index (χ1) is 8.67. The molecule has 0 aromatic carbocycles. The number of ether oxygens (including phenoxy) is 1. The number of aromatic nitrogens is 2. The minimum Gasteiger partial charge on any atom is -0.385 e. The highest BCUT2D eigenvalue weighted by Gasteiger charge is 2.12. The summed E-state index contributed by atoms with van der Waals surface area (Å²) in [5.74, 6) is 0.500. The number of rotatable bonds is 8. The molecule has 1 atom stereocenters. The Labute approximate surface area is 108 Å². The Hall–Kier alpha value is -1.40. The van der Waals surface area contributed by atoms with Crippen molar-refractivity contribution in [2.75, 3.05) is 32.6 Å². The second kappa shape index (κ2) is 7.84. The van der Waals surface area contributed by atoms with Crippen molar-refractivity contribution < 1.29 is 9.53 Å². The molecule has 0 aliphatic carbocycles. The molecule has 1 unspecified atom stereocenters. The van der Waals surface area contributed by atoms with Gasteiger partial charge in [-0.1, -0.05) is 6.92 Å². The summed E-state index contributed by atoms with van der Waals surface area (Å²) in [6, 6.07) is 1.80. The fourth-order valence-corrected chi connectivity index (χ4v) is 1.57. The molecule has 102 valence electrons. The number of methoxy groups -OCH3 is 1. The molecule has 0 saturated heterocycles. The van der Waals surface area contributed by atoms with Gasteiger partial charge in [-0.3, -0.25) is 9.48 Å². The van der Waals surface area contributed by atoms with Crippen LogP contribution in [0.15, 0.2) is 12.3 Å². The summed E-state index contributed by atoms with van der Waals surface area (Å²) in [6.45, 7) is 4.03. The van der Waals surface area contributed by atoms with Gasteiger partial charge in [0.05, 0.1) is 0 Å². The second-order valence-electron chi connectivity index (χ2n) is 4.26. The van der Waals surface area contributed by atoms with Crippen LogP contribution in [0.1, 0.15) is 13.3 Å². The smallest absolute Gasteiger partial charge is 0.229 e. The summed E-state index contributed by atoms with van der Waals surface area (Å²) in [5, 5.41) is 10.0.